The molecule has 3 aromatic heterocycles. The van der Waals surface area contributed by atoms with Crippen molar-refractivity contribution < 1.29 is 9.21 Å². The van der Waals surface area contributed by atoms with Crippen molar-refractivity contribution in [2.24, 2.45) is 0 Å². The van der Waals surface area contributed by atoms with E-state index in [1.54, 1.807) is 29.4 Å². The van der Waals surface area contributed by atoms with Gasteiger partial charge in [0, 0.05) is 24.5 Å². The molecule has 8 nitrogen and oxygen atoms in total. The second-order valence-electron chi connectivity index (χ2n) is 4.03. The van der Waals surface area contributed by atoms with Gasteiger partial charge in [-0.1, -0.05) is 0 Å². The van der Waals surface area contributed by atoms with Gasteiger partial charge < -0.3 is 9.73 Å². The molecule has 0 saturated heterocycles. The van der Waals surface area contributed by atoms with E-state index >= 15 is 0 Å². The van der Waals surface area contributed by atoms with E-state index in [1.807, 2.05) is 0 Å². The van der Waals surface area contributed by atoms with Crippen LogP contribution in [0.25, 0.3) is 5.82 Å². The summed E-state index contributed by atoms with van der Waals surface area (Å²) >= 11 is 0. The Bertz CT molecular complexity index is 805. The predicted molar refractivity (Wildman–Crippen MR) is 72.1 cm³/mol. The molecule has 8 heteroatoms. The summed E-state index contributed by atoms with van der Waals surface area (Å²) < 4.78 is 6.32. The molecule has 3 rings (SSSR count). The van der Waals surface area contributed by atoms with Gasteiger partial charge in [0.15, 0.2) is 0 Å². The third-order valence-corrected chi connectivity index (χ3v) is 2.63. The van der Waals surface area contributed by atoms with Gasteiger partial charge in [0.2, 0.25) is 0 Å². The van der Waals surface area contributed by atoms with E-state index in [9.17, 15) is 9.59 Å². The summed E-state index contributed by atoms with van der Waals surface area (Å²) in [6.07, 6.45) is 7.34. The van der Waals surface area contributed by atoms with E-state index in [0.717, 1.165) is 6.26 Å². The summed E-state index contributed by atoms with van der Waals surface area (Å²) in [5.74, 6) is 0.455. The molecule has 0 aromatic carbocycles. The van der Waals surface area contributed by atoms with Gasteiger partial charge in [0.25, 0.3) is 5.91 Å². The van der Waals surface area contributed by atoms with Gasteiger partial charge in [-0.3, -0.25) is 9.36 Å². The van der Waals surface area contributed by atoms with Crippen molar-refractivity contribution in [2.75, 3.05) is 5.32 Å². The normalized spacial score (nSPS) is 10.3. The van der Waals surface area contributed by atoms with Crippen molar-refractivity contribution in [1.29, 1.82) is 0 Å². The summed E-state index contributed by atoms with van der Waals surface area (Å²) in [6, 6.07) is 4.14. The summed E-state index contributed by atoms with van der Waals surface area (Å²) in [5, 5.41) is 2.59. The van der Waals surface area contributed by atoms with Crippen LogP contribution in [0.15, 0.2) is 58.7 Å². The van der Waals surface area contributed by atoms with Crippen LogP contribution in [-0.4, -0.2) is 25.4 Å². The molecule has 3 heterocycles. The lowest BCUT2D eigenvalue weighted by Gasteiger charge is -2.05. The third-order valence-electron chi connectivity index (χ3n) is 2.63. The van der Waals surface area contributed by atoms with Crippen LogP contribution >= 0.6 is 0 Å². The largest absolute Gasteiger partial charge is 0.430 e. The standard InChI is InChI=1S/C13H9N5O3/c19-12-2-1-9(6-21-12)13(20)17-10-5-11(16-7-15-10)18-4-3-14-8-18/h1-8H,(H,15,16,17,20). The summed E-state index contributed by atoms with van der Waals surface area (Å²) in [4.78, 5) is 34.8. The van der Waals surface area contributed by atoms with Gasteiger partial charge in [-0.2, -0.15) is 0 Å². The average molecular weight is 283 g/mol. The summed E-state index contributed by atoms with van der Waals surface area (Å²) in [5.41, 5.74) is -0.298. The molecule has 0 unspecified atom stereocenters. The van der Waals surface area contributed by atoms with Gasteiger partial charge in [-0.05, 0) is 6.07 Å². The highest BCUT2D eigenvalue weighted by molar-refractivity contribution is 6.03. The SMILES string of the molecule is O=C(Nc1cc(-n2ccnc2)ncn1)c1ccc(=O)oc1. The maximum atomic E-state index is 12.0. The molecular formula is C13H9N5O3. The summed E-state index contributed by atoms with van der Waals surface area (Å²) in [7, 11) is 0. The second-order valence-corrected chi connectivity index (χ2v) is 4.03. The number of rotatable bonds is 3. The maximum Gasteiger partial charge on any atom is 0.335 e. The number of carbonyl (C=O) groups is 1. The van der Waals surface area contributed by atoms with Crippen molar-refractivity contribution in [2.45, 2.75) is 0 Å². The Morgan fingerprint density at radius 2 is 2.19 bits per heavy atom. The molecule has 0 saturated carbocycles. The molecule has 104 valence electrons. The first-order valence-electron chi connectivity index (χ1n) is 5.93. The smallest absolute Gasteiger partial charge is 0.335 e. The average Bonchev–Trinajstić information content (AvgIpc) is 3.02. The lowest BCUT2D eigenvalue weighted by atomic mass is 10.3. The fourth-order valence-electron chi connectivity index (χ4n) is 1.63. The first kappa shape index (κ1) is 12.7. The Morgan fingerprint density at radius 1 is 1.29 bits per heavy atom. The van der Waals surface area contributed by atoms with Gasteiger partial charge >= 0.3 is 5.63 Å². The Balaban J connectivity index is 1.82. The highest BCUT2D eigenvalue weighted by Gasteiger charge is 2.09. The van der Waals surface area contributed by atoms with Crippen LogP contribution in [0.2, 0.25) is 0 Å². The molecule has 0 fully saturated rings. The number of amides is 1. The van der Waals surface area contributed by atoms with Crippen molar-refractivity contribution >= 4 is 11.7 Å². The topological polar surface area (TPSA) is 103 Å². The van der Waals surface area contributed by atoms with E-state index in [1.165, 1.54) is 18.5 Å². The molecule has 0 atom stereocenters. The molecule has 21 heavy (non-hydrogen) atoms. The van der Waals surface area contributed by atoms with Crippen LogP contribution in [0.5, 0.6) is 0 Å². The monoisotopic (exact) mass is 283 g/mol. The van der Waals surface area contributed by atoms with Crippen molar-refractivity contribution in [3.63, 3.8) is 0 Å². The van der Waals surface area contributed by atoms with E-state index in [0.29, 0.717) is 11.6 Å². The highest BCUT2D eigenvalue weighted by atomic mass is 16.4. The van der Waals surface area contributed by atoms with E-state index in [4.69, 9.17) is 0 Å². The van der Waals surface area contributed by atoms with E-state index < -0.39 is 11.5 Å². The predicted octanol–water partition coefficient (Wildman–Crippen LogP) is 0.868. The molecule has 1 amide bonds. The Kier molecular flexibility index (Phi) is 3.26. The van der Waals surface area contributed by atoms with Crippen molar-refractivity contribution in [3.05, 3.63) is 65.5 Å². The molecule has 3 aromatic rings. The molecule has 0 spiro atoms. The Hall–Kier alpha value is -3.29. The van der Waals surface area contributed by atoms with Crippen molar-refractivity contribution in [3.8, 4) is 5.82 Å². The third kappa shape index (κ3) is 2.84. The van der Waals surface area contributed by atoms with Crippen LogP contribution in [0.4, 0.5) is 5.82 Å². The van der Waals surface area contributed by atoms with Crippen LogP contribution in [0, 0.1) is 0 Å². The minimum Gasteiger partial charge on any atom is -0.430 e. The molecule has 0 aliphatic heterocycles. The van der Waals surface area contributed by atoms with Crippen LogP contribution in [0.3, 0.4) is 0 Å². The van der Waals surface area contributed by atoms with Crippen LogP contribution in [-0.2, 0) is 0 Å². The second kappa shape index (κ2) is 5.37. The molecule has 1 N–H and O–H groups in total. The van der Waals surface area contributed by atoms with Gasteiger partial charge in [-0.25, -0.2) is 19.7 Å². The molecule has 0 radical (unpaired) electrons. The zero-order valence-electron chi connectivity index (χ0n) is 10.6. The molecule has 0 aliphatic rings. The zero-order chi connectivity index (χ0) is 14.7. The van der Waals surface area contributed by atoms with E-state index in [-0.39, 0.29) is 5.56 Å². The number of nitrogens with one attached hydrogen (secondary N) is 1. The fraction of sp³-hybridized carbons (Fsp3) is 0. The number of anilines is 1. The Morgan fingerprint density at radius 3 is 2.90 bits per heavy atom. The first-order valence-corrected chi connectivity index (χ1v) is 5.93. The van der Waals surface area contributed by atoms with Gasteiger partial charge in [-0.15, -0.1) is 0 Å². The van der Waals surface area contributed by atoms with E-state index in [2.05, 4.69) is 24.7 Å². The lowest BCUT2D eigenvalue weighted by Crippen LogP contribution is -2.14. The number of hydrogen-bond acceptors (Lipinski definition) is 6. The van der Waals surface area contributed by atoms with Gasteiger partial charge in [0.05, 0.1) is 5.56 Å². The first-order chi connectivity index (χ1) is 10.2. The van der Waals surface area contributed by atoms with Crippen molar-refractivity contribution in [1.82, 2.24) is 19.5 Å². The fourth-order valence-corrected chi connectivity index (χ4v) is 1.63. The van der Waals surface area contributed by atoms with Crippen LogP contribution in [0.1, 0.15) is 10.4 Å². The number of hydrogen-bond donors (Lipinski definition) is 1. The number of carbonyl (C=O) groups excluding carboxylic acids is 1. The minimum absolute atomic E-state index is 0.220. The maximum absolute atomic E-state index is 12.0. The van der Waals surface area contributed by atoms with Gasteiger partial charge in [0.1, 0.15) is 30.6 Å². The highest BCUT2D eigenvalue weighted by Crippen LogP contribution is 2.09. The number of imidazole rings is 1. The number of aromatic nitrogens is 4. The van der Waals surface area contributed by atoms with Crippen LogP contribution < -0.4 is 10.9 Å². The quantitative estimate of drug-likeness (QED) is 0.765. The summed E-state index contributed by atoms with van der Waals surface area (Å²) in [6.45, 7) is 0. The lowest BCUT2D eigenvalue weighted by molar-refractivity contribution is 0.102. The molecule has 0 aliphatic carbocycles. The molecular weight excluding hydrogens is 274 g/mol. The zero-order valence-corrected chi connectivity index (χ0v) is 10.6. The Labute approximate surface area is 118 Å². The molecule has 0 bridgehead atoms. The number of nitrogens with zero attached hydrogens (tertiary/aromatic N) is 4. The minimum atomic E-state index is -0.518.